The smallest absolute Gasteiger partial charge is 0.304 e. The maximum absolute atomic E-state index is 10.9. The van der Waals surface area contributed by atoms with Crippen molar-refractivity contribution in [1.82, 2.24) is 0 Å². The third-order valence-corrected chi connectivity index (χ3v) is 2.74. The van der Waals surface area contributed by atoms with Crippen molar-refractivity contribution >= 4 is 5.97 Å². The zero-order valence-electron chi connectivity index (χ0n) is 11.7. The van der Waals surface area contributed by atoms with Crippen LogP contribution in [0.15, 0.2) is 43.0 Å². The van der Waals surface area contributed by atoms with E-state index in [0.717, 1.165) is 19.3 Å². The molecule has 0 saturated carbocycles. The summed E-state index contributed by atoms with van der Waals surface area (Å²) >= 11 is 0. The number of hydrogen-bond acceptors (Lipinski definition) is 3. The van der Waals surface area contributed by atoms with Gasteiger partial charge in [0.25, 0.3) is 0 Å². The summed E-state index contributed by atoms with van der Waals surface area (Å²) in [5, 5.41) is 0. The van der Waals surface area contributed by atoms with Crippen LogP contribution in [0.1, 0.15) is 32.3 Å². The van der Waals surface area contributed by atoms with Crippen LogP contribution in [-0.2, 0) is 20.7 Å². The number of ether oxygens (including phenoxy) is 2. The molecular weight excluding hydrogens is 240 g/mol. The van der Waals surface area contributed by atoms with Crippen LogP contribution < -0.4 is 0 Å². The largest absolute Gasteiger partial charge is 0.436 e. The van der Waals surface area contributed by atoms with E-state index in [1.807, 2.05) is 24.3 Å². The third-order valence-electron chi connectivity index (χ3n) is 2.74. The van der Waals surface area contributed by atoms with E-state index in [4.69, 9.17) is 9.47 Å². The van der Waals surface area contributed by atoms with Crippen molar-refractivity contribution in [3.8, 4) is 0 Å². The summed E-state index contributed by atoms with van der Waals surface area (Å²) in [4.78, 5) is 10.9. The summed E-state index contributed by atoms with van der Waals surface area (Å²) in [6, 6.07) is 10.3. The molecule has 0 bridgehead atoms. The molecule has 1 rings (SSSR count). The molecule has 0 N–H and O–H groups in total. The lowest BCUT2D eigenvalue weighted by atomic mass is 10.1. The fourth-order valence-electron chi connectivity index (χ4n) is 1.93. The van der Waals surface area contributed by atoms with Gasteiger partial charge in [-0.1, -0.05) is 36.4 Å². The third kappa shape index (κ3) is 6.77. The Labute approximate surface area is 115 Å². The van der Waals surface area contributed by atoms with E-state index < -0.39 is 6.29 Å². The van der Waals surface area contributed by atoms with E-state index in [9.17, 15) is 4.79 Å². The number of hydrogen-bond donors (Lipinski definition) is 0. The quantitative estimate of drug-likeness (QED) is 0.409. The molecule has 0 radical (unpaired) electrons. The topological polar surface area (TPSA) is 35.5 Å². The first-order valence-electron chi connectivity index (χ1n) is 6.59. The molecule has 0 fully saturated rings. The Hall–Kier alpha value is -1.61. The molecule has 1 unspecified atom stereocenters. The zero-order chi connectivity index (χ0) is 14.1. The summed E-state index contributed by atoms with van der Waals surface area (Å²) < 4.78 is 10.7. The molecule has 0 saturated heterocycles. The lowest BCUT2D eigenvalue weighted by Gasteiger charge is -2.21. The summed E-state index contributed by atoms with van der Waals surface area (Å²) in [6.07, 6.45) is 3.90. The van der Waals surface area contributed by atoms with Gasteiger partial charge in [-0.05, 0) is 31.7 Å². The summed E-state index contributed by atoms with van der Waals surface area (Å²) in [5.41, 5.74) is 1.28. The molecule has 3 nitrogen and oxygen atoms in total. The molecule has 19 heavy (non-hydrogen) atoms. The number of carbonyl (C=O) groups excluding carboxylic acids is 1. The van der Waals surface area contributed by atoms with E-state index >= 15 is 0 Å². The first-order chi connectivity index (χ1) is 9.11. The molecule has 0 aliphatic heterocycles. The minimum Gasteiger partial charge on any atom is -0.436 e. The van der Waals surface area contributed by atoms with Crippen molar-refractivity contribution in [3.63, 3.8) is 0 Å². The van der Waals surface area contributed by atoms with Crippen LogP contribution >= 0.6 is 0 Å². The molecule has 1 aromatic rings. The molecule has 0 aliphatic rings. The van der Waals surface area contributed by atoms with Crippen molar-refractivity contribution in [1.29, 1.82) is 0 Å². The Morgan fingerprint density at radius 2 is 2.05 bits per heavy atom. The second kappa shape index (κ2) is 8.48. The lowest BCUT2D eigenvalue weighted by molar-refractivity contribution is -0.182. The van der Waals surface area contributed by atoms with Gasteiger partial charge in [0.05, 0.1) is 6.10 Å². The molecule has 2 atom stereocenters. The van der Waals surface area contributed by atoms with E-state index in [1.165, 1.54) is 12.5 Å². The standard InChI is InChI=1S/C16H22O3/c1-4-8-16(19-14(3)18-13(2)17)12-11-15-9-6-5-7-10-15/h4-7,9-10,14,16H,1,8,11-12H2,2-3H3/t14?,16-/m1/s1. The number of aryl methyl sites for hydroxylation is 1. The average Bonchev–Trinajstić information content (AvgIpc) is 2.36. The van der Waals surface area contributed by atoms with Gasteiger partial charge in [0.15, 0.2) is 6.29 Å². The van der Waals surface area contributed by atoms with Crippen LogP contribution in [-0.4, -0.2) is 18.4 Å². The normalized spacial score (nSPS) is 13.6. The molecule has 104 valence electrons. The average molecular weight is 262 g/mol. The van der Waals surface area contributed by atoms with Gasteiger partial charge in [0.1, 0.15) is 0 Å². The molecular formula is C16H22O3. The van der Waals surface area contributed by atoms with Crippen LogP contribution in [0, 0.1) is 0 Å². The Bertz CT molecular complexity index is 386. The van der Waals surface area contributed by atoms with Gasteiger partial charge in [-0.25, -0.2) is 0 Å². The van der Waals surface area contributed by atoms with Crippen LogP contribution in [0.3, 0.4) is 0 Å². The van der Waals surface area contributed by atoms with Crippen molar-refractivity contribution in [2.45, 2.75) is 45.5 Å². The Morgan fingerprint density at radius 1 is 1.37 bits per heavy atom. The molecule has 1 aromatic carbocycles. The van der Waals surface area contributed by atoms with Gasteiger partial charge in [0, 0.05) is 6.92 Å². The van der Waals surface area contributed by atoms with Gasteiger partial charge in [-0.3, -0.25) is 4.79 Å². The number of carbonyl (C=O) groups is 1. The van der Waals surface area contributed by atoms with Crippen molar-refractivity contribution in [3.05, 3.63) is 48.6 Å². The predicted molar refractivity (Wildman–Crippen MR) is 75.7 cm³/mol. The van der Waals surface area contributed by atoms with E-state index in [-0.39, 0.29) is 12.1 Å². The second-order valence-electron chi connectivity index (χ2n) is 4.48. The highest BCUT2D eigenvalue weighted by molar-refractivity contribution is 5.65. The van der Waals surface area contributed by atoms with Gasteiger partial charge >= 0.3 is 5.97 Å². The van der Waals surface area contributed by atoms with E-state index in [1.54, 1.807) is 6.92 Å². The van der Waals surface area contributed by atoms with Crippen LogP contribution in [0.25, 0.3) is 0 Å². The summed E-state index contributed by atoms with van der Waals surface area (Å²) in [6.45, 7) is 6.85. The van der Waals surface area contributed by atoms with Crippen molar-refractivity contribution in [2.75, 3.05) is 0 Å². The Kier molecular flexibility index (Phi) is 6.90. The van der Waals surface area contributed by atoms with Crippen LogP contribution in [0.5, 0.6) is 0 Å². The molecule has 0 aliphatic carbocycles. The van der Waals surface area contributed by atoms with Crippen LogP contribution in [0.2, 0.25) is 0 Å². The number of benzene rings is 1. The Morgan fingerprint density at radius 3 is 2.63 bits per heavy atom. The molecule has 3 heteroatoms. The highest BCUT2D eigenvalue weighted by Gasteiger charge is 2.14. The maximum Gasteiger partial charge on any atom is 0.304 e. The Balaban J connectivity index is 2.43. The van der Waals surface area contributed by atoms with Gasteiger partial charge < -0.3 is 9.47 Å². The van der Waals surface area contributed by atoms with Crippen molar-refractivity contribution < 1.29 is 14.3 Å². The SMILES string of the molecule is C=CC[C@H](CCc1ccccc1)OC(C)OC(C)=O. The highest BCUT2D eigenvalue weighted by Crippen LogP contribution is 2.13. The molecule has 0 aromatic heterocycles. The lowest BCUT2D eigenvalue weighted by Crippen LogP contribution is -2.24. The summed E-state index contributed by atoms with van der Waals surface area (Å²) in [7, 11) is 0. The predicted octanol–water partition coefficient (Wildman–Crippen LogP) is 3.49. The first-order valence-corrected chi connectivity index (χ1v) is 6.59. The minimum atomic E-state index is -0.516. The highest BCUT2D eigenvalue weighted by atomic mass is 16.7. The van der Waals surface area contributed by atoms with Crippen molar-refractivity contribution in [2.24, 2.45) is 0 Å². The summed E-state index contributed by atoms with van der Waals surface area (Å²) in [5.74, 6) is -0.326. The van der Waals surface area contributed by atoms with Crippen LogP contribution in [0.4, 0.5) is 0 Å². The monoisotopic (exact) mass is 262 g/mol. The molecule has 0 heterocycles. The fraction of sp³-hybridized carbons (Fsp3) is 0.438. The van der Waals surface area contributed by atoms with Gasteiger partial charge in [0.2, 0.25) is 0 Å². The van der Waals surface area contributed by atoms with E-state index in [0.29, 0.717) is 0 Å². The first kappa shape index (κ1) is 15.4. The van der Waals surface area contributed by atoms with Gasteiger partial charge in [-0.2, -0.15) is 0 Å². The number of rotatable bonds is 8. The van der Waals surface area contributed by atoms with E-state index in [2.05, 4.69) is 18.7 Å². The molecule has 0 amide bonds. The number of esters is 1. The second-order valence-corrected chi connectivity index (χ2v) is 4.48. The fourth-order valence-corrected chi connectivity index (χ4v) is 1.93. The zero-order valence-corrected chi connectivity index (χ0v) is 11.7. The minimum absolute atomic E-state index is 0.0204. The van der Waals surface area contributed by atoms with Gasteiger partial charge in [-0.15, -0.1) is 6.58 Å². The maximum atomic E-state index is 10.9. The molecule has 0 spiro atoms.